The molecule has 0 aliphatic heterocycles. The maximum absolute atomic E-state index is 12.9. The lowest BCUT2D eigenvalue weighted by molar-refractivity contribution is -0.206. The molecule has 0 aromatic carbocycles. The second kappa shape index (κ2) is 8.22. The molecule has 0 saturated carbocycles. The lowest BCUT2D eigenvalue weighted by Gasteiger charge is -2.20. The number of alkyl halides is 3. The van der Waals surface area contributed by atoms with E-state index < -0.39 is 18.2 Å². The highest BCUT2D eigenvalue weighted by atomic mass is 35.5. The van der Waals surface area contributed by atoms with Gasteiger partial charge in [0.2, 0.25) is 0 Å². The molecular weight excluding hydrogens is 307 g/mol. The molecule has 1 aromatic heterocycles. The average Bonchev–Trinajstić information content (AvgIpc) is 2.41. The number of esters is 1. The summed E-state index contributed by atoms with van der Waals surface area (Å²) in [7, 11) is 0. The topological polar surface area (TPSA) is 39.2 Å². The summed E-state index contributed by atoms with van der Waals surface area (Å²) in [6.45, 7) is 1.96. The van der Waals surface area contributed by atoms with E-state index >= 15 is 0 Å². The van der Waals surface area contributed by atoms with Gasteiger partial charge in [0.25, 0.3) is 0 Å². The van der Waals surface area contributed by atoms with Crippen LogP contribution in [-0.2, 0) is 4.74 Å². The highest BCUT2D eigenvalue weighted by Gasteiger charge is 2.42. The maximum atomic E-state index is 12.9. The van der Waals surface area contributed by atoms with E-state index in [4.69, 9.17) is 11.6 Å². The summed E-state index contributed by atoms with van der Waals surface area (Å²) < 4.78 is 43.2. The van der Waals surface area contributed by atoms with Crippen molar-refractivity contribution in [2.75, 3.05) is 0 Å². The van der Waals surface area contributed by atoms with Gasteiger partial charge in [0.15, 0.2) is 6.10 Å². The molecule has 0 aliphatic carbocycles. The Labute approximate surface area is 126 Å². The Balaban J connectivity index is 2.68. The summed E-state index contributed by atoms with van der Waals surface area (Å²) in [6, 6.07) is 2.69. The minimum Gasteiger partial charge on any atom is -0.449 e. The minimum atomic E-state index is -4.59. The molecule has 1 rings (SSSR count). The Bertz CT molecular complexity index is 466. The summed E-state index contributed by atoms with van der Waals surface area (Å²) in [5.41, 5.74) is -0.165. The molecule has 0 aliphatic rings. The highest BCUT2D eigenvalue weighted by molar-refractivity contribution is 6.32. The second-order valence-corrected chi connectivity index (χ2v) is 4.98. The van der Waals surface area contributed by atoms with Gasteiger partial charge in [-0.25, -0.2) is 9.78 Å². The van der Waals surface area contributed by atoms with Crippen LogP contribution < -0.4 is 0 Å². The van der Waals surface area contributed by atoms with Crippen molar-refractivity contribution < 1.29 is 22.7 Å². The van der Waals surface area contributed by atoms with E-state index in [9.17, 15) is 18.0 Å². The van der Waals surface area contributed by atoms with Crippen molar-refractivity contribution in [2.24, 2.45) is 0 Å². The number of halogens is 4. The number of pyridine rings is 1. The second-order valence-electron chi connectivity index (χ2n) is 4.63. The molecule has 7 heteroatoms. The van der Waals surface area contributed by atoms with E-state index in [-0.39, 0.29) is 17.1 Å². The van der Waals surface area contributed by atoms with Crippen molar-refractivity contribution in [1.82, 2.24) is 4.98 Å². The predicted molar refractivity (Wildman–Crippen MR) is 73.3 cm³/mol. The molecule has 1 atom stereocenters. The van der Waals surface area contributed by atoms with Crippen LogP contribution in [0.3, 0.4) is 0 Å². The molecule has 0 fully saturated rings. The number of ether oxygens (including phenoxy) is 1. The predicted octanol–water partition coefficient (Wildman–Crippen LogP) is 4.79. The fraction of sp³-hybridized carbons (Fsp3) is 0.571. The summed E-state index contributed by atoms with van der Waals surface area (Å²) in [5.74, 6) is -1.11. The fourth-order valence-electron chi connectivity index (χ4n) is 1.78. The third-order valence-corrected chi connectivity index (χ3v) is 3.21. The van der Waals surface area contributed by atoms with E-state index in [1.807, 2.05) is 6.92 Å². The molecule has 0 amide bonds. The smallest absolute Gasteiger partial charge is 0.425 e. The van der Waals surface area contributed by atoms with Crippen molar-refractivity contribution in [2.45, 2.75) is 51.3 Å². The van der Waals surface area contributed by atoms with Gasteiger partial charge < -0.3 is 4.74 Å². The SMILES string of the molecule is CCCCCCC(OC(=O)c1cccnc1Cl)C(F)(F)F. The molecule has 1 aromatic rings. The van der Waals surface area contributed by atoms with Gasteiger partial charge in [0.05, 0.1) is 5.56 Å². The van der Waals surface area contributed by atoms with Crippen LogP contribution in [-0.4, -0.2) is 23.2 Å². The average molecular weight is 324 g/mol. The lowest BCUT2D eigenvalue weighted by atomic mass is 10.1. The summed E-state index contributed by atoms with van der Waals surface area (Å²) >= 11 is 5.67. The molecule has 0 bridgehead atoms. The summed E-state index contributed by atoms with van der Waals surface area (Å²) in [4.78, 5) is 15.4. The lowest BCUT2D eigenvalue weighted by Crippen LogP contribution is -2.34. The number of nitrogens with zero attached hydrogens (tertiary/aromatic N) is 1. The summed E-state index contributed by atoms with van der Waals surface area (Å²) in [6.07, 6.45) is -2.80. The number of rotatable bonds is 7. The van der Waals surface area contributed by atoms with Gasteiger partial charge in [-0.05, 0) is 25.0 Å². The van der Waals surface area contributed by atoms with E-state index in [0.29, 0.717) is 12.8 Å². The van der Waals surface area contributed by atoms with Gasteiger partial charge in [-0.15, -0.1) is 0 Å². The van der Waals surface area contributed by atoms with Crippen LogP contribution in [0.4, 0.5) is 13.2 Å². The fourth-order valence-corrected chi connectivity index (χ4v) is 1.97. The van der Waals surface area contributed by atoms with Crippen molar-refractivity contribution in [3.63, 3.8) is 0 Å². The molecule has 0 saturated heterocycles. The van der Waals surface area contributed by atoms with Crippen molar-refractivity contribution in [3.8, 4) is 0 Å². The van der Waals surface area contributed by atoms with Crippen LogP contribution in [0.5, 0.6) is 0 Å². The molecule has 3 nitrogen and oxygen atoms in total. The molecule has 0 spiro atoms. The van der Waals surface area contributed by atoms with Gasteiger partial charge in [-0.1, -0.05) is 37.8 Å². The zero-order valence-electron chi connectivity index (χ0n) is 11.6. The number of carbonyl (C=O) groups excluding carboxylic acids is 1. The summed E-state index contributed by atoms with van der Waals surface area (Å²) in [5, 5.41) is -0.172. The Morgan fingerprint density at radius 1 is 1.38 bits per heavy atom. The van der Waals surface area contributed by atoms with Gasteiger partial charge >= 0.3 is 12.1 Å². The Hall–Kier alpha value is -1.30. The van der Waals surface area contributed by atoms with Crippen LogP contribution in [0, 0.1) is 0 Å². The molecule has 1 heterocycles. The molecular formula is C14H17ClF3NO2. The number of aromatic nitrogens is 1. The molecule has 1 unspecified atom stereocenters. The minimum absolute atomic E-state index is 0.165. The third-order valence-electron chi connectivity index (χ3n) is 2.91. The molecule has 118 valence electrons. The molecule has 0 N–H and O–H groups in total. The van der Waals surface area contributed by atoms with E-state index in [0.717, 1.165) is 12.8 Å². The molecule has 21 heavy (non-hydrogen) atoms. The van der Waals surface area contributed by atoms with Gasteiger partial charge in [0.1, 0.15) is 5.15 Å². The number of carbonyl (C=O) groups is 1. The van der Waals surface area contributed by atoms with Crippen molar-refractivity contribution in [3.05, 3.63) is 29.0 Å². The quantitative estimate of drug-likeness (QED) is 0.411. The largest absolute Gasteiger partial charge is 0.449 e. The third kappa shape index (κ3) is 5.91. The zero-order chi connectivity index (χ0) is 15.9. The Morgan fingerprint density at radius 3 is 2.67 bits per heavy atom. The first kappa shape index (κ1) is 17.8. The van der Waals surface area contributed by atoms with Crippen molar-refractivity contribution >= 4 is 17.6 Å². The number of hydrogen-bond acceptors (Lipinski definition) is 3. The van der Waals surface area contributed by atoms with Crippen LogP contribution in [0.15, 0.2) is 18.3 Å². The van der Waals surface area contributed by atoms with Crippen LogP contribution >= 0.6 is 11.6 Å². The number of hydrogen-bond donors (Lipinski definition) is 0. The van der Waals surface area contributed by atoms with Crippen LogP contribution in [0.1, 0.15) is 49.4 Å². The first-order chi connectivity index (χ1) is 9.86. The van der Waals surface area contributed by atoms with Gasteiger partial charge in [-0.2, -0.15) is 13.2 Å². The van der Waals surface area contributed by atoms with E-state index in [1.54, 1.807) is 0 Å². The Kier molecular flexibility index (Phi) is 6.95. The highest BCUT2D eigenvalue weighted by Crippen LogP contribution is 2.28. The standard InChI is InChI=1S/C14H17ClF3NO2/c1-2-3-4-5-8-11(14(16,17)18)21-13(20)10-7-6-9-19-12(10)15/h6-7,9,11H,2-5,8H2,1H3. The molecule has 0 radical (unpaired) electrons. The maximum Gasteiger partial charge on any atom is 0.425 e. The van der Waals surface area contributed by atoms with Crippen LogP contribution in [0.25, 0.3) is 0 Å². The normalized spacial score (nSPS) is 13.0. The number of unbranched alkanes of at least 4 members (excludes halogenated alkanes) is 3. The van der Waals surface area contributed by atoms with Crippen molar-refractivity contribution in [1.29, 1.82) is 0 Å². The van der Waals surface area contributed by atoms with E-state index in [2.05, 4.69) is 9.72 Å². The first-order valence-corrected chi connectivity index (χ1v) is 7.12. The monoisotopic (exact) mass is 323 g/mol. The Morgan fingerprint density at radius 2 is 2.10 bits per heavy atom. The van der Waals surface area contributed by atoms with E-state index in [1.165, 1.54) is 18.3 Å². The van der Waals surface area contributed by atoms with Gasteiger partial charge in [-0.3, -0.25) is 0 Å². The zero-order valence-corrected chi connectivity index (χ0v) is 12.4. The first-order valence-electron chi connectivity index (χ1n) is 6.74. The van der Waals surface area contributed by atoms with Crippen LogP contribution in [0.2, 0.25) is 5.15 Å². The van der Waals surface area contributed by atoms with Gasteiger partial charge in [0, 0.05) is 6.20 Å².